The lowest BCUT2D eigenvalue weighted by atomic mass is 10.2. The number of benzene rings is 1. The van der Waals surface area contributed by atoms with Crippen molar-refractivity contribution in [1.29, 1.82) is 5.26 Å². The quantitative estimate of drug-likeness (QED) is 0.873. The van der Waals surface area contributed by atoms with Crippen LogP contribution >= 0.6 is 27.3 Å². The normalized spacial score (nSPS) is 10.1. The molecule has 0 aliphatic carbocycles. The van der Waals surface area contributed by atoms with Crippen LogP contribution in [0.2, 0.25) is 0 Å². The van der Waals surface area contributed by atoms with Crippen LogP contribution in [0.25, 0.3) is 10.1 Å². The molecule has 0 saturated carbocycles. The van der Waals surface area contributed by atoms with E-state index < -0.39 is 5.97 Å². The molecule has 0 atom stereocenters. The summed E-state index contributed by atoms with van der Waals surface area (Å²) in [6, 6.07) is 7.01. The molecule has 3 nitrogen and oxygen atoms in total. The first-order chi connectivity index (χ1) is 7.11. The molecule has 0 spiro atoms. The molecule has 1 heterocycles. The van der Waals surface area contributed by atoms with E-state index in [4.69, 9.17) is 10.4 Å². The molecule has 0 amide bonds. The summed E-state index contributed by atoms with van der Waals surface area (Å²) in [5.74, 6) is -0.943. The molecule has 1 aromatic carbocycles. The third-order valence-electron chi connectivity index (χ3n) is 1.93. The molecule has 74 valence electrons. The fourth-order valence-corrected chi connectivity index (χ4v) is 2.94. The number of halogens is 1. The van der Waals surface area contributed by atoms with Crippen LogP contribution in [-0.2, 0) is 0 Å². The van der Waals surface area contributed by atoms with Gasteiger partial charge in [-0.2, -0.15) is 5.26 Å². The summed E-state index contributed by atoms with van der Waals surface area (Å²) in [7, 11) is 0. The van der Waals surface area contributed by atoms with E-state index >= 15 is 0 Å². The molecule has 2 rings (SSSR count). The van der Waals surface area contributed by atoms with Crippen LogP contribution < -0.4 is 0 Å². The van der Waals surface area contributed by atoms with Gasteiger partial charge in [-0.25, -0.2) is 4.79 Å². The van der Waals surface area contributed by atoms with E-state index in [9.17, 15) is 4.79 Å². The van der Waals surface area contributed by atoms with Crippen LogP contribution in [0.4, 0.5) is 0 Å². The van der Waals surface area contributed by atoms with E-state index in [2.05, 4.69) is 15.9 Å². The zero-order valence-corrected chi connectivity index (χ0v) is 9.72. The Hall–Kier alpha value is -1.38. The Morgan fingerprint density at radius 2 is 2.20 bits per heavy atom. The van der Waals surface area contributed by atoms with Crippen LogP contribution in [0, 0.1) is 11.3 Å². The predicted octanol–water partition coefficient (Wildman–Crippen LogP) is 3.23. The van der Waals surface area contributed by atoms with Crippen LogP contribution in [-0.4, -0.2) is 11.1 Å². The smallest absolute Gasteiger partial charge is 0.345 e. The van der Waals surface area contributed by atoms with Gasteiger partial charge >= 0.3 is 5.97 Å². The number of thiophene rings is 1. The van der Waals surface area contributed by atoms with Crippen LogP contribution in [0.5, 0.6) is 0 Å². The van der Waals surface area contributed by atoms with Gasteiger partial charge in [-0.05, 0) is 18.2 Å². The van der Waals surface area contributed by atoms with Crippen molar-refractivity contribution in [1.82, 2.24) is 0 Å². The van der Waals surface area contributed by atoms with Crippen molar-refractivity contribution in [3.63, 3.8) is 0 Å². The fourth-order valence-electron chi connectivity index (χ4n) is 1.27. The molecular weight excluding hydrogens is 278 g/mol. The second-order valence-electron chi connectivity index (χ2n) is 2.90. The van der Waals surface area contributed by atoms with E-state index in [-0.39, 0.29) is 4.88 Å². The van der Waals surface area contributed by atoms with E-state index in [0.29, 0.717) is 5.56 Å². The lowest BCUT2D eigenvalue weighted by Gasteiger charge is -1.93. The minimum Gasteiger partial charge on any atom is -0.477 e. The molecule has 2 aromatic rings. The predicted molar refractivity (Wildman–Crippen MR) is 61.2 cm³/mol. The highest BCUT2D eigenvalue weighted by atomic mass is 79.9. The molecule has 0 saturated heterocycles. The van der Waals surface area contributed by atoms with E-state index in [1.54, 1.807) is 18.2 Å². The lowest BCUT2D eigenvalue weighted by molar-refractivity contribution is 0.0702. The standard InChI is InChI=1S/C10H4BrNO2S/c11-7-1-5(4-12)2-8-6(7)3-9(15-8)10(13)14/h1-3H,(H,13,14). The maximum atomic E-state index is 10.8. The van der Waals surface area contributed by atoms with E-state index in [1.165, 1.54) is 11.3 Å². The number of rotatable bonds is 1. The Kier molecular flexibility index (Phi) is 2.47. The van der Waals surface area contributed by atoms with Crippen molar-refractivity contribution in [2.24, 2.45) is 0 Å². The Morgan fingerprint density at radius 1 is 1.47 bits per heavy atom. The number of fused-ring (bicyclic) bond motifs is 1. The minimum atomic E-state index is -0.943. The largest absolute Gasteiger partial charge is 0.477 e. The van der Waals surface area contributed by atoms with Gasteiger partial charge < -0.3 is 5.11 Å². The Bertz CT molecular complexity index is 597. The van der Waals surface area contributed by atoms with Crippen LogP contribution in [0.3, 0.4) is 0 Å². The molecule has 0 aliphatic rings. The van der Waals surface area contributed by atoms with Gasteiger partial charge in [0.25, 0.3) is 0 Å². The Morgan fingerprint density at radius 3 is 2.80 bits per heavy atom. The van der Waals surface area contributed by atoms with Gasteiger partial charge in [0.05, 0.1) is 11.6 Å². The third-order valence-corrected chi connectivity index (χ3v) is 3.65. The first kappa shape index (κ1) is 10.1. The second-order valence-corrected chi connectivity index (χ2v) is 4.84. The number of carbonyl (C=O) groups is 1. The number of nitrogens with zero attached hydrogens (tertiary/aromatic N) is 1. The van der Waals surface area contributed by atoms with Gasteiger partial charge in [-0.3, -0.25) is 0 Å². The topological polar surface area (TPSA) is 61.1 Å². The van der Waals surface area contributed by atoms with Gasteiger partial charge in [0.15, 0.2) is 0 Å². The van der Waals surface area contributed by atoms with Crippen molar-refractivity contribution in [2.45, 2.75) is 0 Å². The average Bonchev–Trinajstić information content (AvgIpc) is 2.61. The monoisotopic (exact) mass is 281 g/mol. The van der Waals surface area contributed by atoms with Crippen LogP contribution in [0.1, 0.15) is 15.2 Å². The number of carboxylic acids is 1. The van der Waals surface area contributed by atoms with Crippen molar-refractivity contribution in [3.05, 3.63) is 33.1 Å². The highest BCUT2D eigenvalue weighted by Crippen LogP contribution is 2.32. The van der Waals surface area contributed by atoms with Gasteiger partial charge in [-0.15, -0.1) is 11.3 Å². The van der Waals surface area contributed by atoms with Crippen molar-refractivity contribution < 1.29 is 9.90 Å². The SMILES string of the molecule is N#Cc1cc(Br)c2cc(C(=O)O)sc2c1. The summed E-state index contributed by atoms with van der Waals surface area (Å²) in [5, 5.41) is 18.4. The van der Waals surface area contributed by atoms with Crippen LogP contribution in [0.15, 0.2) is 22.7 Å². The molecule has 0 aliphatic heterocycles. The van der Waals surface area contributed by atoms with E-state index in [1.807, 2.05) is 6.07 Å². The van der Waals surface area contributed by atoms with Gasteiger partial charge in [0, 0.05) is 14.6 Å². The summed E-state index contributed by atoms with van der Waals surface area (Å²) < 4.78 is 1.55. The maximum absolute atomic E-state index is 10.8. The molecule has 5 heteroatoms. The summed E-state index contributed by atoms with van der Waals surface area (Å²) in [5.41, 5.74) is 0.521. The highest BCUT2D eigenvalue weighted by molar-refractivity contribution is 9.10. The molecular formula is C10H4BrNO2S. The number of aromatic carboxylic acids is 1. The fraction of sp³-hybridized carbons (Fsp3) is 0. The number of hydrogen-bond acceptors (Lipinski definition) is 3. The Balaban J connectivity index is 2.76. The van der Waals surface area contributed by atoms with E-state index in [0.717, 1.165) is 14.6 Å². The zero-order chi connectivity index (χ0) is 11.0. The molecule has 0 unspecified atom stereocenters. The van der Waals surface area contributed by atoms with Gasteiger partial charge in [0.1, 0.15) is 4.88 Å². The molecule has 0 fully saturated rings. The number of hydrogen-bond donors (Lipinski definition) is 1. The molecule has 0 bridgehead atoms. The zero-order valence-electron chi connectivity index (χ0n) is 7.32. The summed E-state index contributed by atoms with van der Waals surface area (Å²) in [6.07, 6.45) is 0. The first-order valence-corrected chi connectivity index (χ1v) is 5.59. The van der Waals surface area contributed by atoms with Crippen molar-refractivity contribution >= 4 is 43.3 Å². The molecule has 0 radical (unpaired) electrons. The van der Waals surface area contributed by atoms with Gasteiger partial charge in [0.2, 0.25) is 0 Å². The lowest BCUT2D eigenvalue weighted by Crippen LogP contribution is -1.89. The molecule has 15 heavy (non-hydrogen) atoms. The minimum absolute atomic E-state index is 0.279. The second kappa shape index (κ2) is 3.65. The highest BCUT2D eigenvalue weighted by Gasteiger charge is 2.11. The third kappa shape index (κ3) is 1.74. The van der Waals surface area contributed by atoms with Crippen molar-refractivity contribution in [3.8, 4) is 6.07 Å². The first-order valence-electron chi connectivity index (χ1n) is 3.98. The summed E-state index contributed by atoms with van der Waals surface area (Å²) in [6.45, 7) is 0. The number of carboxylic acid groups (broad SMARTS) is 1. The Labute approximate surface area is 97.7 Å². The average molecular weight is 282 g/mol. The maximum Gasteiger partial charge on any atom is 0.345 e. The number of nitriles is 1. The molecule has 1 N–H and O–H groups in total. The summed E-state index contributed by atoms with van der Waals surface area (Å²) >= 11 is 4.48. The van der Waals surface area contributed by atoms with Gasteiger partial charge in [-0.1, -0.05) is 15.9 Å². The molecule has 1 aromatic heterocycles. The summed E-state index contributed by atoms with van der Waals surface area (Å²) in [4.78, 5) is 11.0. The van der Waals surface area contributed by atoms with Crippen molar-refractivity contribution in [2.75, 3.05) is 0 Å².